The third kappa shape index (κ3) is 2.07. The van der Waals surface area contributed by atoms with Crippen LogP contribution in [0.25, 0.3) is 0 Å². The number of nitrogens with two attached hydrogens (primary N) is 1. The summed E-state index contributed by atoms with van der Waals surface area (Å²) in [4.78, 5) is 0. The summed E-state index contributed by atoms with van der Waals surface area (Å²) in [5, 5.41) is 4.21. The van der Waals surface area contributed by atoms with E-state index in [9.17, 15) is 0 Å². The minimum absolute atomic E-state index is 0.431. The van der Waals surface area contributed by atoms with Crippen molar-refractivity contribution in [2.75, 3.05) is 12.3 Å². The largest absolute Gasteiger partial charge is 0.382 e. The Morgan fingerprint density at radius 3 is 3.14 bits per heavy atom. The van der Waals surface area contributed by atoms with Crippen LogP contribution in [0, 0.1) is 6.92 Å². The lowest BCUT2D eigenvalue weighted by Gasteiger charge is -2.08. The van der Waals surface area contributed by atoms with E-state index in [4.69, 9.17) is 10.5 Å². The molecule has 1 aliphatic heterocycles. The van der Waals surface area contributed by atoms with E-state index < -0.39 is 0 Å². The second kappa shape index (κ2) is 4.00. The normalized spacial score (nSPS) is 21.6. The fourth-order valence-corrected chi connectivity index (χ4v) is 1.80. The number of anilines is 1. The van der Waals surface area contributed by atoms with Gasteiger partial charge in [-0.05, 0) is 26.2 Å². The first-order valence-corrected chi connectivity index (χ1v) is 5.17. The molecule has 0 radical (unpaired) electrons. The second-order valence-corrected chi connectivity index (χ2v) is 3.88. The highest BCUT2D eigenvalue weighted by molar-refractivity contribution is 5.35. The Hall–Kier alpha value is -1.03. The van der Waals surface area contributed by atoms with Gasteiger partial charge in [-0.25, -0.2) is 0 Å². The SMILES string of the molecule is Cc1cn(CCC2CCCO2)nc1N. The Balaban J connectivity index is 1.85. The molecule has 4 nitrogen and oxygen atoms in total. The van der Waals surface area contributed by atoms with Crippen molar-refractivity contribution in [2.24, 2.45) is 0 Å². The van der Waals surface area contributed by atoms with E-state index in [1.54, 1.807) is 0 Å². The fourth-order valence-electron chi connectivity index (χ4n) is 1.80. The van der Waals surface area contributed by atoms with Crippen LogP contribution in [0.2, 0.25) is 0 Å². The van der Waals surface area contributed by atoms with Gasteiger partial charge in [0.2, 0.25) is 0 Å². The maximum atomic E-state index is 5.66. The number of rotatable bonds is 3. The summed E-state index contributed by atoms with van der Waals surface area (Å²) in [7, 11) is 0. The van der Waals surface area contributed by atoms with Crippen molar-refractivity contribution in [1.82, 2.24) is 9.78 Å². The number of nitrogens with zero attached hydrogens (tertiary/aromatic N) is 2. The summed E-state index contributed by atoms with van der Waals surface area (Å²) >= 11 is 0. The van der Waals surface area contributed by atoms with Crippen molar-refractivity contribution in [3.8, 4) is 0 Å². The van der Waals surface area contributed by atoms with Crippen LogP contribution in [0.15, 0.2) is 6.20 Å². The minimum atomic E-state index is 0.431. The topological polar surface area (TPSA) is 53.1 Å². The first kappa shape index (κ1) is 9.52. The molecule has 0 spiro atoms. The Bertz CT molecular complexity index is 283. The molecule has 1 aromatic heterocycles. The summed E-state index contributed by atoms with van der Waals surface area (Å²) in [5.74, 6) is 0.636. The molecule has 4 heteroatoms. The van der Waals surface area contributed by atoms with Crippen molar-refractivity contribution in [2.45, 2.75) is 38.8 Å². The highest BCUT2D eigenvalue weighted by Crippen LogP contribution is 2.16. The molecule has 1 saturated heterocycles. The average molecular weight is 195 g/mol. The van der Waals surface area contributed by atoms with E-state index in [0.29, 0.717) is 11.9 Å². The zero-order valence-corrected chi connectivity index (χ0v) is 8.57. The van der Waals surface area contributed by atoms with Gasteiger partial charge in [-0.2, -0.15) is 5.10 Å². The molecule has 1 aliphatic rings. The van der Waals surface area contributed by atoms with Crippen LogP contribution in [0.1, 0.15) is 24.8 Å². The van der Waals surface area contributed by atoms with Crippen molar-refractivity contribution in [3.05, 3.63) is 11.8 Å². The van der Waals surface area contributed by atoms with Crippen LogP contribution in [0.4, 0.5) is 5.82 Å². The number of hydrogen-bond donors (Lipinski definition) is 1. The van der Waals surface area contributed by atoms with Crippen molar-refractivity contribution in [3.63, 3.8) is 0 Å². The van der Waals surface area contributed by atoms with Crippen LogP contribution in [0.3, 0.4) is 0 Å². The zero-order valence-electron chi connectivity index (χ0n) is 8.57. The van der Waals surface area contributed by atoms with Gasteiger partial charge in [0.25, 0.3) is 0 Å². The van der Waals surface area contributed by atoms with Gasteiger partial charge in [-0.3, -0.25) is 4.68 Å². The van der Waals surface area contributed by atoms with Gasteiger partial charge in [-0.1, -0.05) is 0 Å². The van der Waals surface area contributed by atoms with Gasteiger partial charge in [0.1, 0.15) is 5.82 Å². The predicted molar refractivity (Wildman–Crippen MR) is 55.0 cm³/mol. The summed E-state index contributed by atoms with van der Waals surface area (Å²) in [6, 6.07) is 0. The Labute approximate surface area is 84.0 Å². The molecular weight excluding hydrogens is 178 g/mol. The fraction of sp³-hybridized carbons (Fsp3) is 0.700. The third-order valence-corrected chi connectivity index (χ3v) is 2.69. The van der Waals surface area contributed by atoms with Crippen molar-refractivity contribution in [1.29, 1.82) is 0 Å². The lowest BCUT2D eigenvalue weighted by atomic mass is 10.2. The van der Waals surface area contributed by atoms with E-state index in [1.165, 1.54) is 12.8 Å². The summed E-state index contributed by atoms with van der Waals surface area (Å²) in [5.41, 5.74) is 6.71. The lowest BCUT2D eigenvalue weighted by Crippen LogP contribution is -2.10. The van der Waals surface area contributed by atoms with E-state index in [0.717, 1.165) is 25.1 Å². The number of nitrogen functional groups attached to an aromatic ring is 1. The second-order valence-electron chi connectivity index (χ2n) is 3.88. The molecule has 0 aliphatic carbocycles. The molecule has 2 rings (SSSR count). The molecular formula is C10H17N3O. The smallest absolute Gasteiger partial charge is 0.148 e. The number of aryl methyl sites for hydroxylation is 2. The summed E-state index contributed by atoms with van der Waals surface area (Å²) in [6.45, 7) is 3.80. The zero-order chi connectivity index (χ0) is 9.97. The maximum absolute atomic E-state index is 5.66. The average Bonchev–Trinajstić information content (AvgIpc) is 2.74. The lowest BCUT2D eigenvalue weighted by molar-refractivity contribution is 0.0994. The molecule has 0 saturated carbocycles. The van der Waals surface area contributed by atoms with Crippen LogP contribution in [-0.2, 0) is 11.3 Å². The molecule has 78 valence electrons. The van der Waals surface area contributed by atoms with Crippen molar-refractivity contribution < 1.29 is 4.74 Å². The van der Waals surface area contributed by atoms with Gasteiger partial charge < -0.3 is 10.5 Å². The molecule has 2 heterocycles. The molecule has 1 fully saturated rings. The van der Waals surface area contributed by atoms with Gasteiger partial charge in [-0.15, -0.1) is 0 Å². The molecule has 1 atom stereocenters. The monoisotopic (exact) mass is 195 g/mol. The number of aromatic nitrogens is 2. The molecule has 1 aromatic rings. The molecule has 14 heavy (non-hydrogen) atoms. The van der Waals surface area contributed by atoms with E-state index in [-0.39, 0.29) is 0 Å². The van der Waals surface area contributed by atoms with Gasteiger partial charge in [0.05, 0.1) is 6.10 Å². The van der Waals surface area contributed by atoms with Crippen LogP contribution >= 0.6 is 0 Å². The van der Waals surface area contributed by atoms with Gasteiger partial charge in [0.15, 0.2) is 0 Å². The van der Waals surface area contributed by atoms with Gasteiger partial charge >= 0.3 is 0 Å². The maximum Gasteiger partial charge on any atom is 0.148 e. The molecule has 0 amide bonds. The Morgan fingerprint density at radius 1 is 1.71 bits per heavy atom. The van der Waals surface area contributed by atoms with E-state index in [1.807, 2.05) is 17.8 Å². The molecule has 2 N–H and O–H groups in total. The Kier molecular flexibility index (Phi) is 2.72. The van der Waals surface area contributed by atoms with Crippen LogP contribution in [0.5, 0.6) is 0 Å². The Morgan fingerprint density at radius 2 is 2.57 bits per heavy atom. The molecule has 0 aromatic carbocycles. The first-order chi connectivity index (χ1) is 6.75. The number of hydrogen-bond acceptors (Lipinski definition) is 3. The predicted octanol–water partition coefficient (Wildman–Crippen LogP) is 1.34. The van der Waals surface area contributed by atoms with E-state index in [2.05, 4.69) is 5.10 Å². The first-order valence-electron chi connectivity index (χ1n) is 5.17. The van der Waals surface area contributed by atoms with Crippen molar-refractivity contribution >= 4 is 5.82 Å². The summed E-state index contributed by atoms with van der Waals surface area (Å²) < 4.78 is 7.45. The molecule has 0 bridgehead atoms. The number of ether oxygens (including phenoxy) is 1. The minimum Gasteiger partial charge on any atom is -0.382 e. The highest BCUT2D eigenvalue weighted by Gasteiger charge is 2.15. The molecule has 1 unspecified atom stereocenters. The standard InChI is InChI=1S/C10H17N3O/c1-8-7-13(12-10(8)11)5-4-9-3-2-6-14-9/h7,9H,2-6H2,1H3,(H2,11,12). The van der Waals surface area contributed by atoms with Crippen LogP contribution in [-0.4, -0.2) is 22.5 Å². The third-order valence-electron chi connectivity index (χ3n) is 2.69. The quantitative estimate of drug-likeness (QED) is 0.792. The van der Waals surface area contributed by atoms with Crippen LogP contribution < -0.4 is 5.73 Å². The highest BCUT2D eigenvalue weighted by atomic mass is 16.5. The van der Waals surface area contributed by atoms with E-state index >= 15 is 0 Å². The van der Waals surface area contributed by atoms with Gasteiger partial charge in [0, 0.05) is 24.9 Å². The summed E-state index contributed by atoms with van der Waals surface area (Å²) in [6.07, 6.45) is 5.85.